The molecule has 92 valence electrons. The molecule has 1 heterocycles. The zero-order valence-electron chi connectivity index (χ0n) is 10.6. The Balaban J connectivity index is 2.60. The lowest BCUT2D eigenvalue weighted by Gasteiger charge is -2.34. The average molecular weight is 235 g/mol. The molecule has 1 aliphatic heterocycles. The summed E-state index contributed by atoms with van der Waals surface area (Å²) in [7, 11) is 1.53. The number of fused-ring (bicyclic) bond motifs is 1. The van der Waals surface area contributed by atoms with Crippen LogP contribution in [0.2, 0.25) is 0 Å². The second kappa shape index (κ2) is 3.95. The van der Waals surface area contributed by atoms with Crippen LogP contribution in [0.4, 0.5) is 0 Å². The van der Waals surface area contributed by atoms with Crippen LogP contribution in [0.1, 0.15) is 31.4 Å². The van der Waals surface area contributed by atoms with Crippen LogP contribution in [0.15, 0.2) is 17.3 Å². The molecule has 17 heavy (non-hydrogen) atoms. The van der Waals surface area contributed by atoms with Gasteiger partial charge in [0.2, 0.25) is 0 Å². The topological polar surface area (TPSA) is 51.0 Å². The standard InChI is InChI=1S/C13H17NO3/c1-8-11(15)6-5-9-10(14-16-4)7-13(2,3)17-12(8)9/h5-6,15H,7H2,1-4H3. The van der Waals surface area contributed by atoms with Gasteiger partial charge >= 0.3 is 0 Å². The van der Waals surface area contributed by atoms with E-state index in [-0.39, 0.29) is 11.4 Å². The number of nitrogens with zero attached hydrogens (tertiary/aromatic N) is 1. The Labute approximate surface area is 101 Å². The molecule has 1 aromatic rings. The van der Waals surface area contributed by atoms with Crippen molar-refractivity contribution in [1.29, 1.82) is 0 Å². The molecule has 1 N–H and O–H groups in total. The molecule has 1 aliphatic rings. The van der Waals surface area contributed by atoms with Crippen LogP contribution in [0.25, 0.3) is 0 Å². The summed E-state index contributed by atoms with van der Waals surface area (Å²) in [6.07, 6.45) is 0.679. The molecule has 4 nitrogen and oxygen atoms in total. The lowest BCUT2D eigenvalue weighted by molar-refractivity contribution is 0.107. The van der Waals surface area contributed by atoms with E-state index in [4.69, 9.17) is 9.57 Å². The molecule has 0 saturated carbocycles. The quantitative estimate of drug-likeness (QED) is 0.761. The van der Waals surface area contributed by atoms with Crippen LogP contribution < -0.4 is 4.74 Å². The van der Waals surface area contributed by atoms with E-state index in [0.717, 1.165) is 16.8 Å². The number of aromatic hydroxyl groups is 1. The van der Waals surface area contributed by atoms with Crippen LogP contribution >= 0.6 is 0 Å². The smallest absolute Gasteiger partial charge is 0.135 e. The second-order valence-electron chi connectivity index (χ2n) is 4.85. The Morgan fingerprint density at radius 1 is 1.41 bits per heavy atom. The molecule has 0 aromatic heterocycles. The third-order valence-electron chi connectivity index (χ3n) is 2.86. The van der Waals surface area contributed by atoms with Gasteiger partial charge in [0.05, 0.1) is 5.71 Å². The molecule has 0 aliphatic carbocycles. The third kappa shape index (κ3) is 2.07. The van der Waals surface area contributed by atoms with Crippen molar-refractivity contribution in [3.8, 4) is 11.5 Å². The van der Waals surface area contributed by atoms with Gasteiger partial charge < -0.3 is 14.7 Å². The maximum Gasteiger partial charge on any atom is 0.135 e. The van der Waals surface area contributed by atoms with Crippen molar-refractivity contribution in [2.24, 2.45) is 5.16 Å². The lowest BCUT2D eigenvalue weighted by Crippen LogP contribution is -2.36. The predicted octanol–water partition coefficient (Wildman–Crippen LogP) is 2.61. The monoisotopic (exact) mass is 235 g/mol. The van der Waals surface area contributed by atoms with Crippen molar-refractivity contribution in [3.63, 3.8) is 0 Å². The van der Waals surface area contributed by atoms with Gasteiger partial charge in [-0.25, -0.2) is 0 Å². The molecule has 0 saturated heterocycles. The van der Waals surface area contributed by atoms with Crippen LogP contribution in [-0.4, -0.2) is 23.5 Å². The fourth-order valence-electron chi connectivity index (χ4n) is 2.04. The Hall–Kier alpha value is -1.71. The number of hydrogen-bond donors (Lipinski definition) is 1. The van der Waals surface area contributed by atoms with E-state index in [1.165, 1.54) is 7.11 Å². The van der Waals surface area contributed by atoms with E-state index in [9.17, 15) is 5.11 Å². The van der Waals surface area contributed by atoms with E-state index in [1.807, 2.05) is 26.8 Å². The maximum atomic E-state index is 9.71. The molecule has 4 heteroatoms. The highest BCUT2D eigenvalue weighted by molar-refractivity contribution is 6.04. The van der Waals surface area contributed by atoms with E-state index in [1.54, 1.807) is 6.07 Å². The maximum absolute atomic E-state index is 9.71. The number of oxime groups is 1. The van der Waals surface area contributed by atoms with Gasteiger partial charge in [-0.1, -0.05) is 5.16 Å². The molecule has 0 radical (unpaired) electrons. The highest BCUT2D eigenvalue weighted by Crippen LogP contribution is 2.39. The van der Waals surface area contributed by atoms with Crippen molar-refractivity contribution in [2.75, 3.05) is 7.11 Å². The van der Waals surface area contributed by atoms with Gasteiger partial charge in [-0.05, 0) is 32.9 Å². The van der Waals surface area contributed by atoms with Crippen LogP contribution in [0, 0.1) is 6.92 Å². The molecule has 0 atom stereocenters. The first-order valence-electron chi connectivity index (χ1n) is 5.56. The Morgan fingerprint density at radius 3 is 2.76 bits per heavy atom. The third-order valence-corrected chi connectivity index (χ3v) is 2.86. The summed E-state index contributed by atoms with van der Waals surface area (Å²) in [5, 5.41) is 13.8. The number of phenolic OH excluding ortho intramolecular Hbond substituents is 1. The van der Waals surface area contributed by atoms with Crippen molar-refractivity contribution in [1.82, 2.24) is 0 Å². The Morgan fingerprint density at radius 2 is 2.12 bits per heavy atom. The summed E-state index contributed by atoms with van der Waals surface area (Å²) in [4.78, 5) is 4.87. The summed E-state index contributed by atoms with van der Waals surface area (Å²) in [5.41, 5.74) is 2.13. The predicted molar refractivity (Wildman–Crippen MR) is 65.7 cm³/mol. The minimum atomic E-state index is -0.344. The zero-order chi connectivity index (χ0) is 12.6. The second-order valence-corrected chi connectivity index (χ2v) is 4.85. The normalized spacial score (nSPS) is 19.6. The number of phenols is 1. The van der Waals surface area contributed by atoms with Gasteiger partial charge in [-0.3, -0.25) is 0 Å². The van der Waals surface area contributed by atoms with Gasteiger partial charge in [0.1, 0.15) is 24.2 Å². The minimum absolute atomic E-state index is 0.234. The largest absolute Gasteiger partial charge is 0.508 e. The van der Waals surface area contributed by atoms with Crippen molar-refractivity contribution >= 4 is 5.71 Å². The van der Waals surface area contributed by atoms with Gasteiger partial charge in [0.15, 0.2) is 0 Å². The molecule has 2 rings (SSSR count). The Kier molecular flexibility index (Phi) is 2.73. The summed E-state index contributed by atoms with van der Waals surface area (Å²) in [6, 6.07) is 3.46. The van der Waals surface area contributed by atoms with E-state index in [2.05, 4.69) is 5.16 Å². The molecule has 1 aromatic carbocycles. The van der Waals surface area contributed by atoms with E-state index in [0.29, 0.717) is 12.2 Å². The number of rotatable bonds is 1. The summed E-state index contributed by atoms with van der Waals surface area (Å²) >= 11 is 0. The first kappa shape index (κ1) is 11.8. The highest BCUT2D eigenvalue weighted by atomic mass is 16.6. The number of ether oxygens (including phenoxy) is 1. The minimum Gasteiger partial charge on any atom is -0.508 e. The summed E-state index contributed by atoms with van der Waals surface area (Å²) < 4.78 is 5.91. The summed E-state index contributed by atoms with van der Waals surface area (Å²) in [5.74, 6) is 0.926. The first-order chi connectivity index (χ1) is 7.94. The zero-order valence-corrected chi connectivity index (χ0v) is 10.6. The van der Waals surface area contributed by atoms with E-state index >= 15 is 0 Å². The van der Waals surface area contributed by atoms with Crippen molar-refractivity contribution in [3.05, 3.63) is 23.3 Å². The first-order valence-corrected chi connectivity index (χ1v) is 5.56. The van der Waals surface area contributed by atoms with Crippen LogP contribution in [0.3, 0.4) is 0 Å². The molecule has 0 amide bonds. The summed E-state index contributed by atoms with van der Waals surface area (Å²) in [6.45, 7) is 5.81. The molecule has 0 spiro atoms. The fraction of sp³-hybridized carbons (Fsp3) is 0.462. The molecular formula is C13H17NO3. The molecule has 0 fully saturated rings. The highest BCUT2D eigenvalue weighted by Gasteiger charge is 2.33. The van der Waals surface area contributed by atoms with Crippen LogP contribution in [-0.2, 0) is 4.84 Å². The number of hydrogen-bond acceptors (Lipinski definition) is 4. The van der Waals surface area contributed by atoms with Gasteiger partial charge in [-0.2, -0.15) is 0 Å². The van der Waals surface area contributed by atoms with Gasteiger partial charge in [0.25, 0.3) is 0 Å². The van der Waals surface area contributed by atoms with Gasteiger partial charge in [0, 0.05) is 17.5 Å². The average Bonchev–Trinajstić information content (AvgIpc) is 2.23. The van der Waals surface area contributed by atoms with Crippen molar-refractivity contribution < 1.29 is 14.7 Å². The van der Waals surface area contributed by atoms with E-state index < -0.39 is 0 Å². The molecule has 0 bridgehead atoms. The van der Waals surface area contributed by atoms with Gasteiger partial charge in [-0.15, -0.1) is 0 Å². The fourth-order valence-corrected chi connectivity index (χ4v) is 2.04. The van der Waals surface area contributed by atoms with Crippen molar-refractivity contribution in [2.45, 2.75) is 32.8 Å². The molecular weight excluding hydrogens is 218 g/mol. The van der Waals surface area contributed by atoms with Crippen LogP contribution in [0.5, 0.6) is 11.5 Å². The SMILES string of the molecule is CON=C1CC(C)(C)Oc2c1ccc(O)c2C. The lowest BCUT2D eigenvalue weighted by atomic mass is 9.91. The number of benzene rings is 1. The Bertz CT molecular complexity index is 478. The molecule has 0 unspecified atom stereocenters.